The molecule has 4 aliphatic carbocycles. The maximum absolute atomic E-state index is 14.5. The minimum absolute atomic E-state index is 0.0813. The Labute approximate surface area is 163 Å². The van der Waals surface area contributed by atoms with Crippen molar-refractivity contribution in [2.24, 2.45) is 34.5 Å². The van der Waals surface area contributed by atoms with E-state index in [1.165, 1.54) is 18.4 Å². The minimum Gasteiger partial charge on any atom is -0.389 e. The highest BCUT2D eigenvalue weighted by Gasteiger charge is 2.60. The first-order valence-electron chi connectivity index (χ1n) is 11.1. The highest BCUT2D eigenvalue weighted by Crippen LogP contribution is 2.68. The zero-order valence-electron chi connectivity index (χ0n) is 17.2. The third-order valence-electron chi connectivity index (χ3n) is 9.05. The Morgan fingerprint density at radius 2 is 1.93 bits per heavy atom. The van der Waals surface area contributed by atoms with Gasteiger partial charge in [0.15, 0.2) is 5.78 Å². The van der Waals surface area contributed by atoms with Crippen molar-refractivity contribution < 1.29 is 14.3 Å². The molecule has 0 heterocycles. The van der Waals surface area contributed by atoms with E-state index >= 15 is 0 Å². The van der Waals surface area contributed by atoms with Crippen LogP contribution in [0.3, 0.4) is 0 Å². The van der Waals surface area contributed by atoms with E-state index in [0.717, 1.165) is 44.1 Å². The number of hydrogen-bond donors (Lipinski definition) is 1. The number of fused-ring (bicyclic) bond motifs is 5. The second-order valence-electron chi connectivity index (χ2n) is 10.1. The Kier molecular flexibility index (Phi) is 4.90. The number of hydrogen-bond acceptors (Lipinski definition) is 2. The Morgan fingerprint density at radius 3 is 2.63 bits per heavy atom. The topological polar surface area (TPSA) is 37.3 Å². The zero-order valence-corrected chi connectivity index (χ0v) is 17.2. The highest BCUT2D eigenvalue weighted by atomic mass is 19.1. The Hall–Kier alpha value is -0.960. The van der Waals surface area contributed by atoms with Crippen LogP contribution < -0.4 is 0 Å². The number of aliphatic hydroxyl groups excluding tert-OH is 1. The summed E-state index contributed by atoms with van der Waals surface area (Å²) < 4.78 is 14.5. The van der Waals surface area contributed by atoms with Crippen LogP contribution in [0, 0.1) is 34.5 Å². The molecule has 0 spiro atoms. The van der Waals surface area contributed by atoms with Crippen LogP contribution in [0.2, 0.25) is 0 Å². The Balaban J connectivity index is 1.75. The van der Waals surface area contributed by atoms with Gasteiger partial charge in [-0.25, -0.2) is 4.39 Å². The number of ketones is 1. The predicted octanol–water partition coefficient (Wildman–Crippen LogP) is 5.76. The molecule has 4 aliphatic rings. The molecule has 0 amide bonds. The van der Waals surface area contributed by atoms with Crippen molar-refractivity contribution in [1.29, 1.82) is 0 Å². The van der Waals surface area contributed by atoms with Crippen molar-refractivity contribution in [1.82, 2.24) is 0 Å². The van der Waals surface area contributed by atoms with Crippen molar-refractivity contribution in [2.45, 2.75) is 78.6 Å². The fraction of sp³-hybridized carbons (Fsp3) is 0.792. The lowest BCUT2D eigenvalue weighted by Gasteiger charge is -2.60. The van der Waals surface area contributed by atoms with Crippen LogP contribution in [0.1, 0.15) is 78.6 Å². The standard InChI is InChI=1S/C24H35FO2/c1-4-5-15-12-16-13-17(27)8-10-23(16,2)20-9-11-24(3)18(21(25)14-26)6-7-19(24)22(15)20/h13,15,19-20,22,26H,4-12,14H2,1-3H3/t15-,19+,20+,22+,23+,24-/m1/s1. The van der Waals surface area contributed by atoms with Gasteiger partial charge in [-0.15, -0.1) is 0 Å². The summed E-state index contributed by atoms with van der Waals surface area (Å²) in [5.41, 5.74) is 2.40. The van der Waals surface area contributed by atoms with E-state index in [1.807, 2.05) is 6.08 Å². The molecular weight excluding hydrogens is 339 g/mol. The third-order valence-corrected chi connectivity index (χ3v) is 9.05. The Morgan fingerprint density at radius 1 is 1.19 bits per heavy atom. The fourth-order valence-electron chi connectivity index (χ4n) is 7.73. The maximum Gasteiger partial charge on any atom is 0.155 e. The maximum atomic E-state index is 14.5. The van der Waals surface area contributed by atoms with Crippen LogP contribution in [0.5, 0.6) is 0 Å². The van der Waals surface area contributed by atoms with E-state index in [9.17, 15) is 14.3 Å². The number of aliphatic hydroxyl groups is 1. The quantitative estimate of drug-likeness (QED) is 0.682. The average molecular weight is 375 g/mol. The zero-order chi connectivity index (χ0) is 19.4. The predicted molar refractivity (Wildman–Crippen MR) is 106 cm³/mol. The number of halogens is 1. The van der Waals surface area contributed by atoms with Crippen molar-refractivity contribution in [3.05, 3.63) is 23.0 Å². The van der Waals surface area contributed by atoms with Gasteiger partial charge >= 0.3 is 0 Å². The molecule has 0 aromatic heterocycles. The molecule has 3 saturated carbocycles. The Bertz CT molecular complexity index is 692. The fourth-order valence-corrected chi connectivity index (χ4v) is 7.73. The van der Waals surface area contributed by atoms with Crippen molar-refractivity contribution >= 4 is 5.78 Å². The van der Waals surface area contributed by atoms with E-state index in [-0.39, 0.29) is 16.7 Å². The second-order valence-corrected chi connectivity index (χ2v) is 10.1. The van der Waals surface area contributed by atoms with Gasteiger partial charge < -0.3 is 5.11 Å². The normalized spacial score (nSPS) is 45.7. The molecule has 0 aromatic carbocycles. The monoisotopic (exact) mass is 374 g/mol. The van der Waals surface area contributed by atoms with Crippen LogP contribution in [0.15, 0.2) is 23.0 Å². The van der Waals surface area contributed by atoms with Gasteiger partial charge in [-0.05, 0) is 84.7 Å². The van der Waals surface area contributed by atoms with Gasteiger partial charge in [0.2, 0.25) is 0 Å². The molecule has 27 heavy (non-hydrogen) atoms. The summed E-state index contributed by atoms with van der Waals surface area (Å²) >= 11 is 0. The van der Waals surface area contributed by atoms with Gasteiger partial charge in [-0.1, -0.05) is 39.2 Å². The molecule has 0 saturated heterocycles. The first kappa shape index (κ1) is 19.4. The summed E-state index contributed by atoms with van der Waals surface area (Å²) in [5.74, 6) is 2.44. The lowest BCUT2D eigenvalue weighted by molar-refractivity contribution is -0.118. The molecule has 1 N–H and O–H groups in total. The van der Waals surface area contributed by atoms with Crippen molar-refractivity contribution in [2.75, 3.05) is 6.61 Å². The van der Waals surface area contributed by atoms with Crippen LogP contribution in [-0.2, 0) is 4.79 Å². The summed E-state index contributed by atoms with van der Waals surface area (Å²) in [4.78, 5) is 12.1. The van der Waals surface area contributed by atoms with Crippen molar-refractivity contribution in [3.8, 4) is 0 Å². The van der Waals surface area contributed by atoms with Crippen LogP contribution in [0.4, 0.5) is 4.39 Å². The van der Waals surface area contributed by atoms with E-state index in [0.29, 0.717) is 35.9 Å². The number of rotatable bonds is 3. The lowest BCUT2D eigenvalue weighted by Crippen LogP contribution is -2.53. The molecule has 0 aromatic rings. The van der Waals surface area contributed by atoms with E-state index in [2.05, 4.69) is 20.8 Å². The molecule has 0 unspecified atom stereocenters. The minimum atomic E-state index is -0.448. The van der Waals surface area contributed by atoms with Crippen molar-refractivity contribution in [3.63, 3.8) is 0 Å². The van der Waals surface area contributed by atoms with E-state index < -0.39 is 6.61 Å². The van der Waals surface area contributed by atoms with Gasteiger partial charge in [-0.2, -0.15) is 0 Å². The summed E-state index contributed by atoms with van der Waals surface area (Å²) in [6, 6.07) is 0. The first-order chi connectivity index (χ1) is 12.8. The molecule has 150 valence electrons. The summed E-state index contributed by atoms with van der Waals surface area (Å²) in [6.07, 6.45) is 11.1. The van der Waals surface area contributed by atoms with Crippen LogP contribution in [0.25, 0.3) is 0 Å². The smallest absolute Gasteiger partial charge is 0.155 e. The molecule has 6 atom stereocenters. The molecule has 0 aliphatic heterocycles. The molecule has 3 heteroatoms. The van der Waals surface area contributed by atoms with Gasteiger partial charge in [0.05, 0.1) is 6.61 Å². The molecule has 4 rings (SSSR count). The summed E-state index contributed by atoms with van der Waals surface area (Å²) in [6.45, 7) is 6.49. The van der Waals surface area contributed by atoms with Crippen LogP contribution in [-0.4, -0.2) is 17.5 Å². The van der Waals surface area contributed by atoms with Gasteiger partial charge in [0.25, 0.3) is 0 Å². The van der Waals surface area contributed by atoms with Gasteiger partial charge in [0, 0.05) is 6.42 Å². The summed E-state index contributed by atoms with van der Waals surface area (Å²) in [7, 11) is 0. The van der Waals surface area contributed by atoms with Gasteiger partial charge in [-0.3, -0.25) is 4.79 Å². The summed E-state index contributed by atoms with van der Waals surface area (Å²) in [5, 5.41) is 9.42. The van der Waals surface area contributed by atoms with E-state index in [4.69, 9.17) is 0 Å². The molecule has 0 radical (unpaired) electrons. The molecular formula is C24H35FO2. The second kappa shape index (κ2) is 6.83. The van der Waals surface area contributed by atoms with E-state index in [1.54, 1.807) is 0 Å². The number of allylic oxidation sites excluding steroid dienone is 2. The van der Waals surface area contributed by atoms with Crippen LogP contribution >= 0.6 is 0 Å². The highest BCUT2D eigenvalue weighted by molar-refractivity contribution is 5.91. The molecule has 3 fully saturated rings. The molecule has 0 bridgehead atoms. The largest absolute Gasteiger partial charge is 0.389 e. The lowest BCUT2D eigenvalue weighted by atomic mass is 9.44. The third kappa shape index (κ3) is 2.79. The number of carbonyl (C=O) groups excluding carboxylic acids is 1. The first-order valence-corrected chi connectivity index (χ1v) is 11.1. The number of carbonyl (C=O) groups is 1. The average Bonchev–Trinajstić information content (AvgIpc) is 3.00. The van der Waals surface area contributed by atoms with Gasteiger partial charge in [0.1, 0.15) is 5.83 Å². The SMILES string of the molecule is CCC[C@@H]1CC2=CC(=O)CC[C@]2(C)[C@H]2CC[C@]3(C)C(=C(F)CO)CC[C@H]3[C@H]12. The molecule has 2 nitrogen and oxygen atoms in total.